The number of aryl methyl sites for hydroxylation is 2. The highest BCUT2D eigenvalue weighted by atomic mass is 32.1. The lowest BCUT2D eigenvalue weighted by molar-refractivity contribution is -0.121. The number of para-hydroxylation sites is 1. The molecule has 0 saturated heterocycles. The van der Waals surface area contributed by atoms with Crippen molar-refractivity contribution in [3.63, 3.8) is 0 Å². The van der Waals surface area contributed by atoms with Crippen LogP contribution in [0, 0.1) is 11.3 Å². The van der Waals surface area contributed by atoms with E-state index in [9.17, 15) is 10.1 Å². The fraction of sp³-hybridized carbons (Fsp3) is 0.286. The number of nitrogen functional groups attached to an aromatic ring is 1. The maximum Gasteiger partial charge on any atom is 0.220 e. The highest BCUT2D eigenvalue weighted by Crippen LogP contribution is 2.21. The van der Waals surface area contributed by atoms with E-state index in [1.54, 1.807) is 16.0 Å². The molecule has 3 rings (SSSR count). The van der Waals surface area contributed by atoms with Crippen molar-refractivity contribution in [3.8, 4) is 11.8 Å². The van der Waals surface area contributed by atoms with Gasteiger partial charge in [0.1, 0.15) is 17.5 Å². The lowest BCUT2D eigenvalue weighted by atomic mass is 10.1. The van der Waals surface area contributed by atoms with Crippen molar-refractivity contribution in [1.29, 1.82) is 5.26 Å². The Kier molecular flexibility index (Phi) is 6.82. The van der Waals surface area contributed by atoms with E-state index in [0.717, 1.165) is 18.5 Å². The highest BCUT2D eigenvalue weighted by molar-refractivity contribution is 7.09. The van der Waals surface area contributed by atoms with Gasteiger partial charge in [-0.25, -0.2) is 4.68 Å². The van der Waals surface area contributed by atoms with Crippen molar-refractivity contribution in [1.82, 2.24) is 15.1 Å². The Balaban J connectivity index is 1.47. The predicted molar refractivity (Wildman–Crippen MR) is 111 cm³/mol. The van der Waals surface area contributed by atoms with Crippen molar-refractivity contribution >= 4 is 23.1 Å². The highest BCUT2D eigenvalue weighted by Gasteiger charge is 2.16. The lowest BCUT2D eigenvalue weighted by Crippen LogP contribution is -2.24. The second kappa shape index (κ2) is 9.72. The number of nitrogens with two attached hydrogens (primary N) is 1. The van der Waals surface area contributed by atoms with Crippen LogP contribution in [0.3, 0.4) is 0 Å². The van der Waals surface area contributed by atoms with Gasteiger partial charge in [0.25, 0.3) is 0 Å². The third-order valence-corrected chi connectivity index (χ3v) is 5.36. The summed E-state index contributed by atoms with van der Waals surface area (Å²) in [5.74, 6) is 0.410. The van der Waals surface area contributed by atoms with Crippen LogP contribution in [0.2, 0.25) is 0 Å². The molecule has 0 bridgehead atoms. The Labute approximate surface area is 168 Å². The van der Waals surface area contributed by atoms with Gasteiger partial charge in [0.05, 0.1) is 11.4 Å². The predicted octanol–water partition coefficient (Wildman–Crippen LogP) is 3.46. The van der Waals surface area contributed by atoms with Crippen LogP contribution in [0.25, 0.3) is 5.69 Å². The van der Waals surface area contributed by atoms with Crippen LogP contribution in [0.1, 0.15) is 35.4 Å². The third-order valence-electron chi connectivity index (χ3n) is 4.43. The number of carbonyl (C=O) groups excluding carboxylic acids is 1. The van der Waals surface area contributed by atoms with Crippen LogP contribution < -0.4 is 11.1 Å². The van der Waals surface area contributed by atoms with Crippen molar-refractivity contribution in [2.75, 3.05) is 12.3 Å². The molecule has 0 spiro atoms. The number of hydrogen-bond donors (Lipinski definition) is 2. The van der Waals surface area contributed by atoms with E-state index in [1.807, 2.05) is 36.4 Å². The first-order chi connectivity index (χ1) is 13.7. The average molecular weight is 394 g/mol. The summed E-state index contributed by atoms with van der Waals surface area (Å²) in [6, 6.07) is 15.8. The number of nitrogens with one attached hydrogen (secondary N) is 1. The molecule has 144 valence electrons. The molecule has 0 radical (unpaired) electrons. The zero-order valence-corrected chi connectivity index (χ0v) is 16.4. The van der Waals surface area contributed by atoms with Crippen LogP contribution in [-0.2, 0) is 17.6 Å². The minimum Gasteiger partial charge on any atom is -0.382 e. The zero-order chi connectivity index (χ0) is 19.8. The largest absolute Gasteiger partial charge is 0.382 e. The van der Waals surface area contributed by atoms with Gasteiger partial charge in [0, 0.05) is 17.8 Å². The molecule has 1 aromatic carbocycles. The van der Waals surface area contributed by atoms with Gasteiger partial charge in [-0.2, -0.15) is 10.4 Å². The van der Waals surface area contributed by atoms with E-state index in [1.165, 1.54) is 4.88 Å². The normalized spacial score (nSPS) is 10.5. The number of anilines is 1. The molecule has 1 amide bonds. The summed E-state index contributed by atoms with van der Waals surface area (Å²) in [7, 11) is 0. The summed E-state index contributed by atoms with van der Waals surface area (Å²) < 4.78 is 1.59. The molecule has 2 heterocycles. The van der Waals surface area contributed by atoms with E-state index in [4.69, 9.17) is 5.73 Å². The lowest BCUT2D eigenvalue weighted by Gasteiger charge is -2.04. The molecule has 0 aliphatic rings. The molecule has 0 aliphatic heterocycles. The number of hydrogen-bond acceptors (Lipinski definition) is 5. The molecule has 3 N–H and O–H groups in total. The summed E-state index contributed by atoms with van der Waals surface area (Å²) in [5, 5.41) is 18.9. The molecular formula is C21H23N5OS. The molecule has 3 aromatic rings. The van der Waals surface area contributed by atoms with Gasteiger partial charge in [-0.1, -0.05) is 24.3 Å². The quantitative estimate of drug-likeness (QED) is 0.544. The van der Waals surface area contributed by atoms with Crippen LogP contribution in [0.4, 0.5) is 5.82 Å². The molecule has 0 saturated carbocycles. The first-order valence-corrected chi connectivity index (χ1v) is 10.2. The number of nitriles is 1. The molecule has 6 nitrogen and oxygen atoms in total. The first kappa shape index (κ1) is 19.6. The molecular weight excluding hydrogens is 370 g/mol. The minimum atomic E-state index is 0.0615. The number of rotatable bonds is 9. The van der Waals surface area contributed by atoms with E-state index in [0.29, 0.717) is 42.9 Å². The second-order valence-corrected chi connectivity index (χ2v) is 7.48. The Morgan fingerprint density at radius 2 is 2.00 bits per heavy atom. The van der Waals surface area contributed by atoms with Gasteiger partial charge in [-0.3, -0.25) is 4.79 Å². The van der Waals surface area contributed by atoms with E-state index < -0.39 is 0 Å². The van der Waals surface area contributed by atoms with Crippen molar-refractivity contribution < 1.29 is 4.79 Å². The van der Waals surface area contributed by atoms with Gasteiger partial charge < -0.3 is 11.1 Å². The number of nitrogens with zero attached hydrogens (tertiary/aromatic N) is 3. The standard InChI is InChI=1S/C21H23N5OS/c22-15-18-19(25-26(21(18)23)16-7-2-1-3-8-16)11-5-13-24-20(27)12-4-9-17-10-6-14-28-17/h1-3,6-8,10,14H,4-5,9,11-13,23H2,(H,24,27). The fourth-order valence-corrected chi connectivity index (χ4v) is 3.74. The van der Waals surface area contributed by atoms with Gasteiger partial charge in [-0.15, -0.1) is 11.3 Å². The van der Waals surface area contributed by atoms with Gasteiger partial charge in [-0.05, 0) is 49.3 Å². The molecule has 0 atom stereocenters. The van der Waals surface area contributed by atoms with Gasteiger partial charge in [0.2, 0.25) is 5.91 Å². The third kappa shape index (κ3) is 4.99. The maximum atomic E-state index is 11.9. The Morgan fingerprint density at radius 3 is 2.71 bits per heavy atom. The van der Waals surface area contributed by atoms with E-state index in [2.05, 4.69) is 27.9 Å². The van der Waals surface area contributed by atoms with Crippen LogP contribution >= 0.6 is 11.3 Å². The van der Waals surface area contributed by atoms with E-state index >= 15 is 0 Å². The van der Waals surface area contributed by atoms with Crippen LogP contribution in [0.15, 0.2) is 47.8 Å². The number of carbonyl (C=O) groups is 1. The average Bonchev–Trinajstić information content (AvgIpc) is 3.33. The zero-order valence-electron chi connectivity index (χ0n) is 15.6. The monoisotopic (exact) mass is 393 g/mol. The maximum absolute atomic E-state index is 11.9. The number of benzene rings is 1. The summed E-state index contributed by atoms with van der Waals surface area (Å²) >= 11 is 1.72. The van der Waals surface area contributed by atoms with Crippen LogP contribution in [-0.4, -0.2) is 22.2 Å². The summed E-state index contributed by atoms with van der Waals surface area (Å²) in [6.07, 6.45) is 3.60. The van der Waals surface area contributed by atoms with Gasteiger partial charge >= 0.3 is 0 Å². The minimum absolute atomic E-state index is 0.0615. The molecule has 7 heteroatoms. The number of amides is 1. The van der Waals surface area contributed by atoms with Gasteiger partial charge in [0.15, 0.2) is 0 Å². The SMILES string of the molecule is N#Cc1c(CCCNC(=O)CCCc2cccs2)nn(-c2ccccc2)c1N. The Morgan fingerprint density at radius 1 is 1.18 bits per heavy atom. The Hall–Kier alpha value is -3.11. The number of aromatic nitrogens is 2. The van der Waals surface area contributed by atoms with E-state index in [-0.39, 0.29) is 5.91 Å². The molecule has 0 aliphatic carbocycles. The molecule has 0 unspecified atom stereocenters. The van der Waals surface area contributed by atoms with Crippen LogP contribution in [0.5, 0.6) is 0 Å². The second-order valence-electron chi connectivity index (χ2n) is 6.45. The Bertz CT molecular complexity index is 941. The number of thiophene rings is 1. The summed E-state index contributed by atoms with van der Waals surface area (Å²) in [5.41, 5.74) is 8.00. The van der Waals surface area contributed by atoms with Crippen molar-refractivity contribution in [2.24, 2.45) is 0 Å². The fourth-order valence-electron chi connectivity index (χ4n) is 2.99. The topological polar surface area (TPSA) is 96.7 Å². The summed E-state index contributed by atoms with van der Waals surface area (Å²) in [4.78, 5) is 13.3. The van der Waals surface area contributed by atoms with Crippen molar-refractivity contribution in [3.05, 3.63) is 64.0 Å². The first-order valence-electron chi connectivity index (χ1n) is 9.31. The summed E-state index contributed by atoms with van der Waals surface area (Å²) in [6.45, 7) is 0.556. The molecule has 28 heavy (non-hydrogen) atoms. The molecule has 0 fully saturated rings. The van der Waals surface area contributed by atoms with Crippen molar-refractivity contribution in [2.45, 2.75) is 32.1 Å². The molecule has 2 aromatic heterocycles. The smallest absolute Gasteiger partial charge is 0.220 e.